The molecule has 2 fully saturated rings. The second kappa shape index (κ2) is 11.1. The summed E-state index contributed by atoms with van der Waals surface area (Å²) in [6.07, 6.45) is 4.44. The SMILES string of the molecule is Nc1ncc(-c2cccc(C(=O)NCc3ccccc3)c2)nc1C(=O)N[C@]1(C2CCNCC2)CCNC1. The standard InChI is InChI=1S/C28H33N7O2/c29-25-24(27(37)35-28(11-14-31-18-28)22-9-12-30-13-10-22)34-23(17-32-25)20-7-4-8-21(15-20)26(36)33-16-19-5-2-1-3-6-19/h1-8,15,17,22,30-31H,9-14,16,18H2,(H2,29,32)(H,33,36)(H,35,37)/t28-/m1/s1. The average Bonchev–Trinajstić information content (AvgIpc) is 3.42. The molecule has 0 spiro atoms. The van der Waals surface area contributed by atoms with Crippen molar-refractivity contribution in [3.8, 4) is 11.3 Å². The van der Waals surface area contributed by atoms with Gasteiger partial charge in [0.25, 0.3) is 11.8 Å². The van der Waals surface area contributed by atoms with E-state index in [-0.39, 0.29) is 28.9 Å². The number of nitrogens with two attached hydrogens (primary N) is 1. The van der Waals surface area contributed by atoms with E-state index in [1.54, 1.807) is 18.2 Å². The highest BCUT2D eigenvalue weighted by Gasteiger charge is 2.43. The highest BCUT2D eigenvalue weighted by molar-refractivity contribution is 5.98. The number of hydrogen-bond acceptors (Lipinski definition) is 7. The molecule has 0 saturated carbocycles. The second-order valence-corrected chi connectivity index (χ2v) is 9.80. The third kappa shape index (κ3) is 5.63. The maximum atomic E-state index is 13.4. The fourth-order valence-corrected chi connectivity index (χ4v) is 5.33. The van der Waals surface area contributed by atoms with E-state index in [0.29, 0.717) is 29.3 Å². The first kappa shape index (κ1) is 24.9. The van der Waals surface area contributed by atoms with Crippen LogP contribution in [0.3, 0.4) is 0 Å². The Hall–Kier alpha value is -3.82. The highest BCUT2D eigenvalue weighted by Crippen LogP contribution is 2.32. The zero-order chi connectivity index (χ0) is 25.7. The van der Waals surface area contributed by atoms with Crippen LogP contribution in [0.1, 0.15) is 45.7 Å². The van der Waals surface area contributed by atoms with Gasteiger partial charge in [0, 0.05) is 24.2 Å². The lowest BCUT2D eigenvalue weighted by molar-refractivity contribution is 0.0839. The van der Waals surface area contributed by atoms with Gasteiger partial charge in [0.15, 0.2) is 11.5 Å². The van der Waals surface area contributed by atoms with E-state index in [1.165, 1.54) is 6.20 Å². The van der Waals surface area contributed by atoms with E-state index in [9.17, 15) is 9.59 Å². The number of nitrogens with one attached hydrogen (secondary N) is 4. The van der Waals surface area contributed by atoms with Crippen LogP contribution in [0.25, 0.3) is 11.3 Å². The fraction of sp³-hybridized carbons (Fsp3) is 0.357. The molecule has 9 nitrogen and oxygen atoms in total. The first-order chi connectivity index (χ1) is 18.0. The summed E-state index contributed by atoms with van der Waals surface area (Å²) in [7, 11) is 0. The van der Waals surface area contributed by atoms with Gasteiger partial charge in [-0.2, -0.15) is 0 Å². The van der Waals surface area contributed by atoms with Crippen LogP contribution in [0.15, 0.2) is 60.8 Å². The molecule has 2 amide bonds. The number of benzene rings is 2. The van der Waals surface area contributed by atoms with Crippen molar-refractivity contribution in [1.29, 1.82) is 0 Å². The third-order valence-electron chi connectivity index (χ3n) is 7.40. The van der Waals surface area contributed by atoms with Gasteiger partial charge in [-0.1, -0.05) is 42.5 Å². The monoisotopic (exact) mass is 499 g/mol. The lowest BCUT2D eigenvalue weighted by Gasteiger charge is -2.40. The van der Waals surface area contributed by atoms with Crippen LogP contribution in [0.2, 0.25) is 0 Å². The molecule has 192 valence electrons. The summed E-state index contributed by atoms with van der Waals surface area (Å²) in [6, 6.07) is 16.9. The Kier molecular flexibility index (Phi) is 7.43. The molecule has 9 heteroatoms. The molecule has 6 N–H and O–H groups in total. The summed E-state index contributed by atoms with van der Waals surface area (Å²) >= 11 is 0. The zero-order valence-electron chi connectivity index (χ0n) is 20.8. The predicted octanol–water partition coefficient (Wildman–Crippen LogP) is 2.12. The van der Waals surface area contributed by atoms with Crippen molar-refractivity contribution >= 4 is 17.6 Å². The van der Waals surface area contributed by atoms with Crippen LogP contribution in [0.5, 0.6) is 0 Å². The molecule has 2 aromatic carbocycles. The van der Waals surface area contributed by atoms with E-state index >= 15 is 0 Å². The maximum absolute atomic E-state index is 13.4. The molecular weight excluding hydrogens is 466 g/mol. The van der Waals surface area contributed by atoms with Crippen LogP contribution in [0.4, 0.5) is 5.82 Å². The molecule has 2 aliphatic rings. The lowest BCUT2D eigenvalue weighted by Crippen LogP contribution is -2.57. The average molecular weight is 500 g/mol. The fourth-order valence-electron chi connectivity index (χ4n) is 5.33. The molecule has 1 atom stereocenters. The maximum Gasteiger partial charge on any atom is 0.274 e. The summed E-state index contributed by atoms with van der Waals surface area (Å²) < 4.78 is 0. The summed E-state index contributed by atoms with van der Waals surface area (Å²) in [5.41, 5.74) is 8.59. The van der Waals surface area contributed by atoms with Gasteiger partial charge in [-0.25, -0.2) is 9.97 Å². The van der Waals surface area contributed by atoms with Gasteiger partial charge in [-0.15, -0.1) is 0 Å². The zero-order valence-corrected chi connectivity index (χ0v) is 20.8. The molecule has 0 radical (unpaired) electrons. The predicted molar refractivity (Wildman–Crippen MR) is 143 cm³/mol. The van der Waals surface area contributed by atoms with E-state index in [1.807, 2.05) is 36.4 Å². The van der Waals surface area contributed by atoms with Crippen molar-refractivity contribution in [2.75, 3.05) is 31.9 Å². The van der Waals surface area contributed by atoms with Crippen molar-refractivity contribution in [2.45, 2.75) is 31.3 Å². The van der Waals surface area contributed by atoms with Gasteiger partial charge in [0.1, 0.15) is 0 Å². The molecule has 2 saturated heterocycles. The van der Waals surface area contributed by atoms with E-state index in [4.69, 9.17) is 5.73 Å². The van der Waals surface area contributed by atoms with Crippen LogP contribution in [-0.2, 0) is 6.54 Å². The van der Waals surface area contributed by atoms with E-state index in [0.717, 1.165) is 51.0 Å². The van der Waals surface area contributed by atoms with Crippen LogP contribution >= 0.6 is 0 Å². The first-order valence-electron chi connectivity index (χ1n) is 12.8. The number of anilines is 1. The Bertz CT molecular complexity index is 1250. The van der Waals surface area contributed by atoms with Crippen molar-refractivity contribution in [2.24, 2.45) is 5.92 Å². The molecule has 5 rings (SSSR count). The molecule has 3 aromatic rings. The number of amides is 2. The molecule has 3 heterocycles. The molecular formula is C28H33N7O2. The minimum atomic E-state index is -0.319. The number of carbonyl (C=O) groups is 2. The van der Waals surface area contributed by atoms with Gasteiger partial charge < -0.3 is 27.0 Å². The topological polar surface area (TPSA) is 134 Å². The number of aromatic nitrogens is 2. The summed E-state index contributed by atoms with van der Waals surface area (Å²) in [5, 5.41) is 13.0. The third-order valence-corrected chi connectivity index (χ3v) is 7.40. The Morgan fingerprint density at radius 2 is 1.81 bits per heavy atom. The Morgan fingerprint density at radius 1 is 1.00 bits per heavy atom. The quantitative estimate of drug-likeness (QED) is 0.336. The molecule has 2 aliphatic heterocycles. The van der Waals surface area contributed by atoms with Crippen molar-refractivity contribution in [1.82, 2.24) is 31.2 Å². The first-order valence-corrected chi connectivity index (χ1v) is 12.8. The summed E-state index contributed by atoms with van der Waals surface area (Å²) in [6.45, 7) is 3.94. The Balaban J connectivity index is 1.33. The van der Waals surface area contributed by atoms with Gasteiger partial charge in [0.2, 0.25) is 0 Å². The molecule has 1 aromatic heterocycles. The largest absolute Gasteiger partial charge is 0.382 e. The summed E-state index contributed by atoms with van der Waals surface area (Å²) in [5.74, 6) is -0.0314. The van der Waals surface area contributed by atoms with Crippen LogP contribution in [-0.4, -0.2) is 53.5 Å². The molecule has 0 unspecified atom stereocenters. The van der Waals surface area contributed by atoms with Crippen molar-refractivity contribution in [3.63, 3.8) is 0 Å². The van der Waals surface area contributed by atoms with Gasteiger partial charge in [-0.3, -0.25) is 9.59 Å². The van der Waals surface area contributed by atoms with E-state index in [2.05, 4.69) is 31.2 Å². The number of nitrogens with zero attached hydrogens (tertiary/aromatic N) is 2. The lowest BCUT2D eigenvalue weighted by atomic mass is 9.77. The van der Waals surface area contributed by atoms with Gasteiger partial charge >= 0.3 is 0 Å². The van der Waals surface area contributed by atoms with Crippen LogP contribution in [0, 0.1) is 5.92 Å². The molecule has 37 heavy (non-hydrogen) atoms. The molecule has 0 aliphatic carbocycles. The normalized spacial score (nSPS) is 19.9. The van der Waals surface area contributed by atoms with Gasteiger partial charge in [0.05, 0.1) is 17.4 Å². The second-order valence-electron chi connectivity index (χ2n) is 9.80. The number of piperidine rings is 1. The minimum Gasteiger partial charge on any atom is -0.382 e. The number of rotatable bonds is 7. The van der Waals surface area contributed by atoms with Crippen molar-refractivity contribution < 1.29 is 9.59 Å². The summed E-state index contributed by atoms with van der Waals surface area (Å²) in [4.78, 5) is 35.1. The van der Waals surface area contributed by atoms with Crippen molar-refractivity contribution in [3.05, 3.63) is 77.6 Å². The number of nitrogen functional groups attached to an aromatic ring is 1. The van der Waals surface area contributed by atoms with Crippen LogP contribution < -0.4 is 27.0 Å². The minimum absolute atomic E-state index is 0.0874. The van der Waals surface area contributed by atoms with E-state index < -0.39 is 0 Å². The Morgan fingerprint density at radius 3 is 2.57 bits per heavy atom. The smallest absolute Gasteiger partial charge is 0.274 e. The number of hydrogen-bond donors (Lipinski definition) is 5. The number of carbonyl (C=O) groups excluding carboxylic acids is 2. The van der Waals surface area contributed by atoms with Gasteiger partial charge in [-0.05, 0) is 62.5 Å². The Labute approximate surface area is 216 Å². The molecule has 0 bridgehead atoms. The highest BCUT2D eigenvalue weighted by atomic mass is 16.2.